The van der Waals surface area contributed by atoms with E-state index in [9.17, 15) is 13.5 Å². The normalized spacial score (nSPS) is 26.7. The second-order valence-corrected chi connectivity index (χ2v) is 6.62. The summed E-state index contributed by atoms with van der Waals surface area (Å²) in [5.41, 5.74) is 0. The zero-order chi connectivity index (χ0) is 12.7. The average molecular weight is 264 g/mol. The van der Waals surface area contributed by atoms with Crippen LogP contribution in [0, 0.1) is 0 Å². The molecule has 0 bridgehead atoms. The van der Waals surface area contributed by atoms with Gasteiger partial charge in [-0.25, -0.2) is 13.1 Å². The highest BCUT2D eigenvalue weighted by Crippen LogP contribution is 2.17. The van der Waals surface area contributed by atoms with Crippen LogP contribution in [0.15, 0.2) is 0 Å². The van der Waals surface area contributed by atoms with E-state index < -0.39 is 10.0 Å². The maximum atomic E-state index is 10.8. The van der Waals surface area contributed by atoms with Crippen LogP contribution < -0.4 is 10.0 Å². The number of hydrogen-bond acceptors (Lipinski definition) is 4. The highest BCUT2D eigenvalue weighted by Gasteiger charge is 2.20. The van der Waals surface area contributed by atoms with Gasteiger partial charge in [0, 0.05) is 12.6 Å². The fourth-order valence-corrected chi connectivity index (χ4v) is 2.67. The molecule has 0 radical (unpaired) electrons. The molecule has 102 valence electrons. The molecule has 5 nitrogen and oxygen atoms in total. The number of aliphatic hydroxyl groups excluding tert-OH is 1. The molecule has 1 aliphatic carbocycles. The smallest absolute Gasteiger partial charge is 0.208 e. The minimum Gasteiger partial charge on any atom is -0.392 e. The van der Waals surface area contributed by atoms with E-state index >= 15 is 0 Å². The summed E-state index contributed by atoms with van der Waals surface area (Å²) < 4.78 is 24.1. The first-order valence-corrected chi connectivity index (χ1v) is 8.24. The molecular formula is C11H24N2O3S. The minimum atomic E-state index is -3.07. The van der Waals surface area contributed by atoms with Gasteiger partial charge in [0.15, 0.2) is 0 Å². The third-order valence-electron chi connectivity index (χ3n) is 3.10. The van der Waals surface area contributed by atoms with Crippen LogP contribution in [-0.4, -0.2) is 45.0 Å². The quantitative estimate of drug-likeness (QED) is 0.473. The minimum absolute atomic E-state index is 0.177. The molecule has 0 aliphatic heterocycles. The Labute approximate surface area is 104 Å². The van der Waals surface area contributed by atoms with Gasteiger partial charge >= 0.3 is 0 Å². The largest absolute Gasteiger partial charge is 0.392 e. The van der Waals surface area contributed by atoms with Crippen molar-refractivity contribution in [2.24, 2.45) is 0 Å². The zero-order valence-corrected chi connectivity index (χ0v) is 11.3. The fraction of sp³-hybridized carbons (Fsp3) is 1.00. The van der Waals surface area contributed by atoms with Crippen molar-refractivity contribution in [3.63, 3.8) is 0 Å². The van der Waals surface area contributed by atoms with Gasteiger partial charge in [-0.15, -0.1) is 0 Å². The van der Waals surface area contributed by atoms with Crippen LogP contribution >= 0.6 is 0 Å². The van der Waals surface area contributed by atoms with Gasteiger partial charge in [0.25, 0.3) is 0 Å². The molecule has 6 heteroatoms. The van der Waals surface area contributed by atoms with Crippen LogP contribution in [-0.2, 0) is 10.0 Å². The molecule has 0 aromatic rings. The predicted octanol–water partition coefficient (Wildman–Crippen LogP) is 0.209. The molecule has 0 amide bonds. The summed E-state index contributed by atoms with van der Waals surface area (Å²) in [6.07, 6.45) is 7.02. The van der Waals surface area contributed by atoms with E-state index in [1.165, 1.54) is 6.42 Å². The van der Waals surface area contributed by atoms with Crippen LogP contribution in [0.25, 0.3) is 0 Å². The summed E-state index contributed by atoms with van der Waals surface area (Å²) in [4.78, 5) is 0. The van der Waals surface area contributed by atoms with E-state index in [2.05, 4.69) is 10.0 Å². The Kier molecular flexibility index (Phi) is 6.40. The first-order valence-electron chi connectivity index (χ1n) is 6.35. The number of nitrogens with one attached hydrogen (secondary N) is 2. The van der Waals surface area contributed by atoms with E-state index in [-0.39, 0.29) is 12.1 Å². The Morgan fingerprint density at radius 1 is 1.18 bits per heavy atom. The highest BCUT2D eigenvalue weighted by atomic mass is 32.2. The van der Waals surface area contributed by atoms with Gasteiger partial charge < -0.3 is 10.4 Å². The number of aliphatic hydroxyl groups is 1. The SMILES string of the molecule is CS(=O)(=O)NCCCNC1CCCCCC1O. The van der Waals surface area contributed by atoms with Gasteiger partial charge in [-0.05, 0) is 25.8 Å². The van der Waals surface area contributed by atoms with E-state index in [4.69, 9.17) is 0 Å². The standard InChI is InChI=1S/C11H24N2O3S/c1-17(15,16)13-9-5-8-12-10-6-3-2-4-7-11(10)14/h10-14H,2-9H2,1H3. The highest BCUT2D eigenvalue weighted by molar-refractivity contribution is 7.88. The fourth-order valence-electron chi connectivity index (χ4n) is 2.16. The zero-order valence-electron chi connectivity index (χ0n) is 10.5. The second-order valence-electron chi connectivity index (χ2n) is 4.79. The van der Waals surface area contributed by atoms with Gasteiger partial charge in [-0.1, -0.05) is 19.3 Å². The summed E-state index contributed by atoms with van der Waals surface area (Å²) in [7, 11) is -3.07. The molecule has 1 fully saturated rings. The Balaban J connectivity index is 2.12. The predicted molar refractivity (Wildman–Crippen MR) is 68.3 cm³/mol. The van der Waals surface area contributed by atoms with Crippen LogP contribution in [0.1, 0.15) is 38.5 Å². The Hall–Kier alpha value is -0.170. The Morgan fingerprint density at radius 2 is 1.88 bits per heavy atom. The molecule has 1 rings (SSSR count). The van der Waals surface area contributed by atoms with Crippen molar-refractivity contribution < 1.29 is 13.5 Å². The van der Waals surface area contributed by atoms with Crippen LogP contribution in [0.4, 0.5) is 0 Å². The second kappa shape index (κ2) is 7.31. The molecule has 3 N–H and O–H groups in total. The van der Waals surface area contributed by atoms with Crippen molar-refractivity contribution in [2.45, 2.75) is 50.7 Å². The lowest BCUT2D eigenvalue weighted by Crippen LogP contribution is -2.40. The molecule has 1 aliphatic rings. The maximum absolute atomic E-state index is 10.8. The van der Waals surface area contributed by atoms with E-state index in [1.54, 1.807) is 0 Å². The molecule has 2 unspecified atom stereocenters. The third-order valence-corrected chi connectivity index (χ3v) is 3.83. The topological polar surface area (TPSA) is 78.4 Å². The summed E-state index contributed by atoms with van der Waals surface area (Å²) in [6.45, 7) is 1.19. The first-order chi connectivity index (χ1) is 7.99. The van der Waals surface area contributed by atoms with E-state index in [0.717, 1.165) is 44.9 Å². The maximum Gasteiger partial charge on any atom is 0.208 e. The van der Waals surface area contributed by atoms with Crippen molar-refractivity contribution in [2.75, 3.05) is 19.3 Å². The number of hydrogen-bond donors (Lipinski definition) is 3. The van der Waals surface area contributed by atoms with Crippen LogP contribution in [0.3, 0.4) is 0 Å². The lowest BCUT2D eigenvalue weighted by Gasteiger charge is -2.21. The van der Waals surface area contributed by atoms with E-state index in [0.29, 0.717) is 6.54 Å². The molecule has 17 heavy (non-hydrogen) atoms. The molecule has 0 aromatic heterocycles. The van der Waals surface area contributed by atoms with Gasteiger partial charge in [0.2, 0.25) is 10.0 Å². The number of rotatable bonds is 6. The van der Waals surface area contributed by atoms with Gasteiger partial charge in [0.05, 0.1) is 12.4 Å². The van der Waals surface area contributed by atoms with Crippen LogP contribution in [0.2, 0.25) is 0 Å². The first kappa shape index (κ1) is 14.9. The Bertz CT molecular complexity index is 306. The molecule has 2 atom stereocenters. The summed E-state index contributed by atoms with van der Waals surface area (Å²) in [6, 6.07) is 0.177. The van der Waals surface area contributed by atoms with Gasteiger partial charge in [-0.3, -0.25) is 0 Å². The van der Waals surface area contributed by atoms with Crippen molar-refractivity contribution in [3.8, 4) is 0 Å². The molecule has 1 saturated carbocycles. The van der Waals surface area contributed by atoms with Crippen molar-refractivity contribution in [1.82, 2.24) is 10.0 Å². The molecule has 0 saturated heterocycles. The lowest BCUT2D eigenvalue weighted by atomic mass is 10.1. The number of sulfonamides is 1. The summed E-state index contributed by atoms with van der Waals surface area (Å²) in [5, 5.41) is 13.2. The Morgan fingerprint density at radius 3 is 2.59 bits per heavy atom. The van der Waals surface area contributed by atoms with Gasteiger partial charge in [0.1, 0.15) is 0 Å². The van der Waals surface area contributed by atoms with Gasteiger partial charge in [-0.2, -0.15) is 0 Å². The summed E-state index contributed by atoms with van der Waals surface area (Å²) in [5.74, 6) is 0. The third kappa shape index (κ3) is 6.98. The molecule has 0 spiro atoms. The van der Waals surface area contributed by atoms with Crippen molar-refractivity contribution >= 4 is 10.0 Å². The van der Waals surface area contributed by atoms with Crippen molar-refractivity contribution in [3.05, 3.63) is 0 Å². The molecule has 0 heterocycles. The average Bonchev–Trinajstić information content (AvgIpc) is 2.42. The molecular weight excluding hydrogens is 240 g/mol. The van der Waals surface area contributed by atoms with Crippen molar-refractivity contribution in [1.29, 1.82) is 0 Å². The molecule has 0 aromatic carbocycles. The van der Waals surface area contributed by atoms with Crippen LogP contribution in [0.5, 0.6) is 0 Å². The van der Waals surface area contributed by atoms with E-state index in [1.807, 2.05) is 0 Å². The monoisotopic (exact) mass is 264 g/mol. The summed E-state index contributed by atoms with van der Waals surface area (Å²) >= 11 is 0. The lowest BCUT2D eigenvalue weighted by molar-refractivity contribution is 0.120.